The van der Waals surface area contributed by atoms with Crippen molar-refractivity contribution in [2.45, 2.75) is 39.7 Å². The van der Waals surface area contributed by atoms with Crippen molar-refractivity contribution in [1.29, 1.82) is 0 Å². The Labute approximate surface area is 105 Å². The van der Waals surface area contributed by atoms with Gasteiger partial charge in [0.25, 0.3) is 0 Å². The molecule has 1 amide bonds. The number of hydrogen-bond acceptors (Lipinski definition) is 1. The van der Waals surface area contributed by atoms with Crippen LogP contribution in [0.3, 0.4) is 0 Å². The molecule has 0 aliphatic carbocycles. The van der Waals surface area contributed by atoms with Crippen LogP contribution in [0, 0.1) is 0 Å². The van der Waals surface area contributed by atoms with Gasteiger partial charge in [0, 0.05) is 0 Å². The third-order valence-electron chi connectivity index (χ3n) is 1.97. The van der Waals surface area contributed by atoms with Gasteiger partial charge in [-0.2, -0.15) is 0 Å². The van der Waals surface area contributed by atoms with Gasteiger partial charge in [-0.1, -0.05) is 69.7 Å². The van der Waals surface area contributed by atoms with E-state index in [0.717, 1.165) is 18.4 Å². The number of amides is 1. The number of carbonyl (C=O) groups is 1. The van der Waals surface area contributed by atoms with Gasteiger partial charge >= 0.3 is 0 Å². The predicted octanol–water partition coefficient (Wildman–Crippen LogP) is 3.86. The van der Waals surface area contributed by atoms with Crippen LogP contribution in [-0.2, 0) is 4.79 Å². The van der Waals surface area contributed by atoms with E-state index < -0.39 is 0 Å². The van der Waals surface area contributed by atoms with Crippen LogP contribution in [0.25, 0.3) is 0 Å². The first-order valence-electron chi connectivity index (χ1n) is 6.21. The van der Waals surface area contributed by atoms with E-state index in [9.17, 15) is 4.79 Å². The van der Waals surface area contributed by atoms with Gasteiger partial charge in [-0.3, -0.25) is 4.79 Å². The standard InChI is InChI=1S/C12H15NO.C3H8/c1-2-3-9-12(13-10-14)11-7-5-4-6-8-11;1-3-2/h3-10,12H,2H2,1H3,(H,13,14);3H2,1-2H3/b9-3+;. The van der Waals surface area contributed by atoms with Gasteiger partial charge in [-0.25, -0.2) is 0 Å². The number of carbonyl (C=O) groups excluding carboxylic acids is 1. The van der Waals surface area contributed by atoms with Crippen LogP contribution >= 0.6 is 0 Å². The summed E-state index contributed by atoms with van der Waals surface area (Å²) in [6.45, 7) is 6.32. The molecule has 1 aromatic carbocycles. The highest BCUT2D eigenvalue weighted by atomic mass is 16.1. The minimum Gasteiger partial charge on any atom is -0.348 e. The van der Waals surface area contributed by atoms with E-state index in [1.54, 1.807) is 0 Å². The van der Waals surface area contributed by atoms with E-state index in [1.165, 1.54) is 6.42 Å². The largest absolute Gasteiger partial charge is 0.348 e. The molecular formula is C15H23NO. The fourth-order valence-corrected chi connectivity index (χ4v) is 1.27. The van der Waals surface area contributed by atoms with Gasteiger partial charge < -0.3 is 5.32 Å². The third-order valence-corrected chi connectivity index (χ3v) is 1.97. The maximum atomic E-state index is 10.4. The molecule has 0 saturated heterocycles. The number of rotatable bonds is 5. The molecule has 0 heterocycles. The van der Waals surface area contributed by atoms with Gasteiger partial charge in [0.1, 0.15) is 0 Å². The molecule has 1 N–H and O–H groups in total. The average Bonchev–Trinajstić information content (AvgIpc) is 2.36. The highest BCUT2D eigenvalue weighted by Gasteiger charge is 2.03. The maximum Gasteiger partial charge on any atom is 0.207 e. The Balaban J connectivity index is 0.000000770. The van der Waals surface area contributed by atoms with Gasteiger partial charge in [0.2, 0.25) is 6.41 Å². The van der Waals surface area contributed by atoms with Gasteiger partial charge in [0.05, 0.1) is 6.04 Å². The van der Waals surface area contributed by atoms with E-state index in [0.29, 0.717) is 0 Å². The zero-order chi connectivity index (χ0) is 12.9. The Morgan fingerprint density at radius 3 is 2.24 bits per heavy atom. The highest BCUT2D eigenvalue weighted by Crippen LogP contribution is 2.13. The van der Waals surface area contributed by atoms with Crippen molar-refractivity contribution in [3.63, 3.8) is 0 Å². The lowest BCUT2D eigenvalue weighted by Crippen LogP contribution is -2.17. The molecule has 0 aromatic heterocycles. The molecule has 0 saturated carbocycles. The van der Waals surface area contributed by atoms with Crippen LogP contribution in [0.5, 0.6) is 0 Å². The summed E-state index contributed by atoms with van der Waals surface area (Å²) in [6.07, 6.45) is 7.01. The van der Waals surface area contributed by atoms with E-state index >= 15 is 0 Å². The molecule has 94 valence electrons. The van der Waals surface area contributed by atoms with Crippen LogP contribution in [0.15, 0.2) is 42.5 Å². The Hall–Kier alpha value is -1.57. The molecule has 0 aliphatic heterocycles. The maximum absolute atomic E-state index is 10.4. The van der Waals surface area contributed by atoms with Crippen molar-refractivity contribution >= 4 is 6.41 Å². The molecule has 0 fully saturated rings. The van der Waals surface area contributed by atoms with E-state index in [2.05, 4.69) is 26.1 Å². The Kier molecular flexibility index (Phi) is 9.92. The molecule has 0 aliphatic rings. The molecular weight excluding hydrogens is 210 g/mol. The fraction of sp³-hybridized carbons (Fsp3) is 0.400. The summed E-state index contributed by atoms with van der Waals surface area (Å²) < 4.78 is 0. The summed E-state index contributed by atoms with van der Waals surface area (Å²) in [5.74, 6) is 0. The quantitative estimate of drug-likeness (QED) is 0.607. The van der Waals surface area contributed by atoms with Gasteiger partial charge in [-0.05, 0) is 12.0 Å². The van der Waals surface area contributed by atoms with E-state index in [-0.39, 0.29) is 6.04 Å². The first kappa shape index (κ1) is 15.4. The Morgan fingerprint density at radius 1 is 1.18 bits per heavy atom. The molecule has 1 atom stereocenters. The summed E-state index contributed by atoms with van der Waals surface area (Å²) in [5, 5.41) is 2.77. The minimum atomic E-state index is -0.00588. The summed E-state index contributed by atoms with van der Waals surface area (Å²) in [4.78, 5) is 10.4. The minimum absolute atomic E-state index is 0.00588. The van der Waals surface area contributed by atoms with E-state index in [1.807, 2.05) is 42.5 Å². The second-order valence-electron chi connectivity index (χ2n) is 3.72. The smallest absolute Gasteiger partial charge is 0.207 e. The monoisotopic (exact) mass is 233 g/mol. The Bertz CT molecular complexity index is 306. The Morgan fingerprint density at radius 2 is 1.76 bits per heavy atom. The molecule has 0 bridgehead atoms. The van der Waals surface area contributed by atoms with Crippen molar-refractivity contribution in [1.82, 2.24) is 5.32 Å². The molecule has 2 nitrogen and oxygen atoms in total. The molecule has 0 radical (unpaired) electrons. The first-order chi connectivity index (χ1) is 8.29. The second kappa shape index (κ2) is 10.9. The van der Waals surface area contributed by atoms with Crippen molar-refractivity contribution in [3.8, 4) is 0 Å². The summed E-state index contributed by atoms with van der Waals surface area (Å²) >= 11 is 0. The SMILES string of the molecule is CC/C=C/C(NC=O)c1ccccc1.CCC. The third kappa shape index (κ3) is 7.34. The normalized spacial score (nSPS) is 11.5. The topological polar surface area (TPSA) is 29.1 Å². The number of hydrogen-bond donors (Lipinski definition) is 1. The first-order valence-corrected chi connectivity index (χ1v) is 6.21. The van der Waals surface area contributed by atoms with Crippen LogP contribution < -0.4 is 5.32 Å². The average molecular weight is 233 g/mol. The lowest BCUT2D eigenvalue weighted by atomic mass is 10.1. The fourth-order valence-electron chi connectivity index (χ4n) is 1.27. The van der Waals surface area contributed by atoms with Crippen molar-refractivity contribution in [2.24, 2.45) is 0 Å². The molecule has 1 unspecified atom stereocenters. The van der Waals surface area contributed by atoms with Gasteiger partial charge in [0.15, 0.2) is 0 Å². The summed E-state index contributed by atoms with van der Waals surface area (Å²) in [7, 11) is 0. The summed E-state index contributed by atoms with van der Waals surface area (Å²) in [5.41, 5.74) is 1.10. The van der Waals surface area contributed by atoms with Crippen LogP contribution in [0.4, 0.5) is 0 Å². The van der Waals surface area contributed by atoms with Gasteiger partial charge in [-0.15, -0.1) is 0 Å². The zero-order valence-electron chi connectivity index (χ0n) is 11.0. The van der Waals surface area contributed by atoms with Crippen LogP contribution in [-0.4, -0.2) is 6.41 Å². The zero-order valence-corrected chi connectivity index (χ0v) is 11.0. The predicted molar refractivity (Wildman–Crippen MR) is 73.8 cm³/mol. The molecule has 1 rings (SSSR count). The number of allylic oxidation sites excluding steroid dienone is 1. The van der Waals surface area contributed by atoms with Crippen LogP contribution in [0.2, 0.25) is 0 Å². The second-order valence-corrected chi connectivity index (χ2v) is 3.72. The molecule has 2 heteroatoms. The lowest BCUT2D eigenvalue weighted by Gasteiger charge is -2.11. The lowest BCUT2D eigenvalue weighted by molar-refractivity contribution is -0.109. The van der Waals surface area contributed by atoms with Crippen molar-refractivity contribution < 1.29 is 4.79 Å². The van der Waals surface area contributed by atoms with Crippen molar-refractivity contribution in [2.75, 3.05) is 0 Å². The number of nitrogens with one attached hydrogen (secondary N) is 1. The number of benzene rings is 1. The van der Waals surface area contributed by atoms with Crippen LogP contribution in [0.1, 0.15) is 45.2 Å². The molecule has 1 aromatic rings. The van der Waals surface area contributed by atoms with Crippen molar-refractivity contribution in [3.05, 3.63) is 48.0 Å². The molecule has 17 heavy (non-hydrogen) atoms. The highest BCUT2D eigenvalue weighted by molar-refractivity contribution is 5.48. The van der Waals surface area contributed by atoms with E-state index in [4.69, 9.17) is 0 Å². The molecule has 0 spiro atoms. The summed E-state index contributed by atoms with van der Waals surface area (Å²) in [6, 6.07) is 9.89.